The van der Waals surface area contributed by atoms with Gasteiger partial charge < -0.3 is 0 Å². The number of aromatic amines is 1. The summed E-state index contributed by atoms with van der Waals surface area (Å²) in [6, 6.07) is 7.90. The lowest BCUT2D eigenvalue weighted by atomic mass is 10.2. The zero-order valence-electron chi connectivity index (χ0n) is 10.1. The third-order valence-corrected chi connectivity index (χ3v) is 3.12. The van der Waals surface area contributed by atoms with E-state index in [1.165, 1.54) is 0 Å². The Hall–Kier alpha value is -1.27. The predicted molar refractivity (Wildman–Crippen MR) is 78.6 cm³/mol. The number of rotatable bonds is 3. The summed E-state index contributed by atoms with van der Waals surface area (Å²) in [6.45, 7) is 4.10. The van der Waals surface area contributed by atoms with Gasteiger partial charge in [0.25, 0.3) is 0 Å². The molecule has 0 spiro atoms. The summed E-state index contributed by atoms with van der Waals surface area (Å²) in [4.78, 5) is 0. The van der Waals surface area contributed by atoms with Crippen molar-refractivity contribution in [3.05, 3.63) is 44.9 Å². The maximum Gasteiger partial charge on any atom is 0.216 e. The number of nitrogens with zero attached hydrogens (tertiary/aromatic N) is 3. The molecule has 0 aliphatic carbocycles. The van der Waals surface area contributed by atoms with Gasteiger partial charge in [0.05, 0.1) is 6.21 Å². The van der Waals surface area contributed by atoms with Gasteiger partial charge >= 0.3 is 0 Å². The average molecular weight is 325 g/mol. The minimum atomic E-state index is 0.262. The summed E-state index contributed by atoms with van der Waals surface area (Å²) in [6.07, 6.45) is 1.77. The Labute approximate surface area is 119 Å². The maximum atomic E-state index is 5.16. The minimum Gasteiger partial charge on any atom is -0.250 e. The van der Waals surface area contributed by atoms with Crippen molar-refractivity contribution in [1.29, 1.82) is 0 Å². The lowest BCUT2D eigenvalue weighted by Gasteiger charge is -2.02. The van der Waals surface area contributed by atoms with Gasteiger partial charge in [0.2, 0.25) is 4.77 Å². The molecule has 4 nitrogen and oxygen atoms in total. The van der Waals surface area contributed by atoms with Crippen molar-refractivity contribution < 1.29 is 0 Å². The topological polar surface area (TPSA) is 46.0 Å². The van der Waals surface area contributed by atoms with Crippen molar-refractivity contribution in [3.63, 3.8) is 0 Å². The number of H-pyrrole nitrogens is 1. The van der Waals surface area contributed by atoms with Crippen molar-refractivity contribution in [2.24, 2.45) is 5.10 Å². The first-order valence-electron chi connectivity index (χ1n) is 5.55. The first-order chi connectivity index (χ1) is 8.58. The molecule has 0 aliphatic heterocycles. The molecule has 1 N–H and O–H groups in total. The van der Waals surface area contributed by atoms with Gasteiger partial charge in [-0.05, 0) is 29.9 Å². The van der Waals surface area contributed by atoms with E-state index < -0.39 is 0 Å². The second kappa shape index (κ2) is 5.58. The zero-order chi connectivity index (χ0) is 13.1. The highest BCUT2D eigenvalue weighted by Gasteiger charge is 2.08. The van der Waals surface area contributed by atoms with Crippen LogP contribution in [0, 0.1) is 4.77 Å². The summed E-state index contributed by atoms with van der Waals surface area (Å²) >= 11 is 8.58. The monoisotopic (exact) mass is 324 g/mol. The van der Waals surface area contributed by atoms with E-state index in [1.807, 2.05) is 24.3 Å². The van der Waals surface area contributed by atoms with Gasteiger partial charge in [0.15, 0.2) is 5.82 Å². The molecule has 0 atom stereocenters. The van der Waals surface area contributed by atoms with Crippen molar-refractivity contribution in [2.45, 2.75) is 19.8 Å². The van der Waals surface area contributed by atoms with Crippen LogP contribution in [0.2, 0.25) is 0 Å². The third-order valence-electron chi connectivity index (χ3n) is 2.36. The molecule has 1 aromatic heterocycles. The Morgan fingerprint density at radius 2 is 2.28 bits per heavy atom. The summed E-state index contributed by atoms with van der Waals surface area (Å²) in [7, 11) is 0. The number of nitrogens with one attached hydrogen (secondary N) is 1. The second-order valence-electron chi connectivity index (χ2n) is 4.15. The van der Waals surface area contributed by atoms with E-state index >= 15 is 0 Å². The third kappa shape index (κ3) is 2.94. The van der Waals surface area contributed by atoms with Gasteiger partial charge in [0.1, 0.15) is 0 Å². The molecule has 2 aromatic rings. The summed E-state index contributed by atoms with van der Waals surface area (Å²) in [5.74, 6) is 1.09. The summed E-state index contributed by atoms with van der Waals surface area (Å²) < 4.78 is 3.18. The van der Waals surface area contributed by atoms with Crippen molar-refractivity contribution >= 4 is 34.4 Å². The normalized spacial score (nSPS) is 11.6. The fraction of sp³-hybridized carbons (Fsp3) is 0.250. The fourth-order valence-electron chi connectivity index (χ4n) is 1.50. The molecule has 0 saturated carbocycles. The lowest BCUT2D eigenvalue weighted by Crippen LogP contribution is -2.00. The molecule has 0 saturated heterocycles. The first kappa shape index (κ1) is 13.2. The van der Waals surface area contributed by atoms with E-state index in [1.54, 1.807) is 10.9 Å². The maximum absolute atomic E-state index is 5.16. The highest BCUT2D eigenvalue weighted by molar-refractivity contribution is 9.10. The number of benzene rings is 1. The van der Waals surface area contributed by atoms with Crippen LogP contribution in [0.25, 0.3) is 0 Å². The van der Waals surface area contributed by atoms with E-state index in [2.05, 4.69) is 45.1 Å². The molecule has 0 radical (unpaired) electrons. The molecule has 0 fully saturated rings. The molecule has 6 heteroatoms. The fourth-order valence-corrected chi connectivity index (χ4v) is 2.10. The van der Waals surface area contributed by atoms with Crippen LogP contribution in [-0.2, 0) is 0 Å². The SMILES string of the molecule is CC(C)c1n[nH]c(=S)n1/N=C/c1cccc(Br)c1. The second-order valence-corrected chi connectivity index (χ2v) is 5.46. The van der Waals surface area contributed by atoms with Crippen LogP contribution >= 0.6 is 28.1 Å². The van der Waals surface area contributed by atoms with Crippen molar-refractivity contribution in [2.75, 3.05) is 0 Å². The van der Waals surface area contributed by atoms with Gasteiger partial charge in [-0.25, -0.2) is 0 Å². The molecule has 94 valence electrons. The average Bonchev–Trinajstić information content (AvgIpc) is 2.68. The molecular formula is C12H13BrN4S. The Kier molecular flexibility index (Phi) is 4.08. The molecule has 2 rings (SSSR count). The number of hydrogen-bond donors (Lipinski definition) is 1. The summed E-state index contributed by atoms with van der Waals surface area (Å²) in [5.41, 5.74) is 1.00. The van der Waals surface area contributed by atoms with E-state index in [9.17, 15) is 0 Å². The Balaban J connectivity index is 2.34. The molecule has 0 bridgehead atoms. The number of hydrogen-bond acceptors (Lipinski definition) is 3. The van der Waals surface area contributed by atoms with Gasteiger partial charge in [-0.3, -0.25) is 5.10 Å². The molecular weight excluding hydrogens is 312 g/mol. The van der Waals surface area contributed by atoms with E-state index in [4.69, 9.17) is 12.2 Å². The predicted octanol–water partition coefficient (Wildman–Crippen LogP) is 3.71. The largest absolute Gasteiger partial charge is 0.250 e. The van der Waals surface area contributed by atoms with Crippen molar-refractivity contribution in [3.8, 4) is 0 Å². The van der Waals surface area contributed by atoms with Gasteiger partial charge in [-0.2, -0.15) is 14.9 Å². The van der Waals surface area contributed by atoms with E-state index in [0.29, 0.717) is 4.77 Å². The van der Waals surface area contributed by atoms with Crippen LogP contribution in [0.4, 0.5) is 0 Å². The van der Waals surface area contributed by atoms with Crippen LogP contribution in [-0.4, -0.2) is 21.1 Å². The molecule has 0 amide bonds. The van der Waals surface area contributed by atoms with Gasteiger partial charge in [0, 0.05) is 10.4 Å². The number of halogens is 1. The Morgan fingerprint density at radius 1 is 1.50 bits per heavy atom. The first-order valence-corrected chi connectivity index (χ1v) is 6.75. The highest BCUT2D eigenvalue weighted by atomic mass is 79.9. The van der Waals surface area contributed by atoms with E-state index in [-0.39, 0.29) is 5.92 Å². The highest BCUT2D eigenvalue weighted by Crippen LogP contribution is 2.12. The molecule has 18 heavy (non-hydrogen) atoms. The summed E-state index contributed by atoms with van der Waals surface area (Å²) in [5, 5.41) is 11.3. The van der Waals surface area contributed by atoms with Gasteiger partial charge in [-0.15, -0.1) is 0 Å². The van der Waals surface area contributed by atoms with Crippen LogP contribution in [0.3, 0.4) is 0 Å². The van der Waals surface area contributed by atoms with E-state index in [0.717, 1.165) is 15.9 Å². The minimum absolute atomic E-state index is 0.262. The van der Waals surface area contributed by atoms with Crippen molar-refractivity contribution in [1.82, 2.24) is 14.9 Å². The van der Waals surface area contributed by atoms with Crippen LogP contribution in [0.15, 0.2) is 33.8 Å². The smallest absolute Gasteiger partial charge is 0.216 e. The standard InChI is InChI=1S/C12H13BrN4S/c1-8(2)11-15-16-12(18)17(11)14-7-9-4-3-5-10(13)6-9/h3-8H,1-2H3,(H,16,18)/b14-7+. The molecule has 1 aromatic carbocycles. The molecule has 0 unspecified atom stereocenters. The van der Waals surface area contributed by atoms with Crippen LogP contribution < -0.4 is 0 Å². The van der Waals surface area contributed by atoms with Crippen LogP contribution in [0.5, 0.6) is 0 Å². The number of aromatic nitrogens is 3. The van der Waals surface area contributed by atoms with Gasteiger partial charge in [-0.1, -0.05) is 41.9 Å². The lowest BCUT2D eigenvalue weighted by molar-refractivity contribution is 0.695. The quantitative estimate of drug-likeness (QED) is 0.691. The molecule has 1 heterocycles. The van der Waals surface area contributed by atoms with Crippen LogP contribution in [0.1, 0.15) is 31.2 Å². The Morgan fingerprint density at radius 3 is 2.94 bits per heavy atom. The zero-order valence-corrected chi connectivity index (χ0v) is 12.5. The Bertz CT molecular complexity index is 627. The molecule has 0 aliphatic rings.